The van der Waals surface area contributed by atoms with Crippen LogP contribution in [-0.4, -0.2) is 30.7 Å². The molecule has 6 nitrogen and oxygen atoms in total. The monoisotopic (exact) mass is 342 g/mol. The van der Waals surface area contributed by atoms with Crippen molar-refractivity contribution in [2.24, 2.45) is 14.1 Å². The van der Waals surface area contributed by atoms with Crippen LogP contribution in [0.1, 0.15) is 53.4 Å². The van der Waals surface area contributed by atoms with E-state index in [9.17, 15) is 13.2 Å². The molecule has 0 amide bonds. The van der Waals surface area contributed by atoms with Crippen molar-refractivity contribution in [2.75, 3.05) is 0 Å². The van der Waals surface area contributed by atoms with Crippen LogP contribution in [0.4, 0.5) is 13.2 Å². The van der Waals surface area contributed by atoms with Crippen LogP contribution in [-0.2, 0) is 20.6 Å². The van der Waals surface area contributed by atoms with Gasteiger partial charge in [0.1, 0.15) is 11.9 Å². The highest BCUT2D eigenvalue weighted by Gasteiger charge is 2.43. The summed E-state index contributed by atoms with van der Waals surface area (Å²) >= 11 is 0. The van der Waals surface area contributed by atoms with Crippen molar-refractivity contribution in [3.05, 3.63) is 28.6 Å². The normalized spacial score (nSPS) is 16.6. The SMILES string of the molecule is Cc1nn(C)c(C)c1[C@@H](NCc1nc(C2CC2)nn1C)C(F)(F)F. The molecule has 0 unspecified atom stereocenters. The molecule has 3 rings (SSSR count). The van der Waals surface area contributed by atoms with Gasteiger partial charge in [-0.05, 0) is 26.7 Å². The average molecular weight is 342 g/mol. The molecule has 132 valence electrons. The Kier molecular flexibility index (Phi) is 4.15. The second kappa shape index (κ2) is 5.87. The minimum absolute atomic E-state index is 0.00578. The molecule has 0 spiro atoms. The van der Waals surface area contributed by atoms with Crippen molar-refractivity contribution in [1.82, 2.24) is 29.9 Å². The van der Waals surface area contributed by atoms with Gasteiger partial charge in [0, 0.05) is 31.3 Å². The Labute approximate surface area is 138 Å². The van der Waals surface area contributed by atoms with Gasteiger partial charge in [-0.2, -0.15) is 23.4 Å². The summed E-state index contributed by atoms with van der Waals surface area (Å²) < 4.78 is 43.8. The van der Waals surface area contributed by atoms with Crippen LogP contribution < -0.4 is 5.32 Å². The van der Waals surface area contributed by atoms with Crippen molar-refractivity contribution >= 4 is 0 Å². The fraction of sp³-hybridized carbons (Fsp3) is 0.667. The minimum atomic E-state index is -4.42. The van der Waals surface area contributed by atoms with Crippen LogP contribution in [0, 0.1) is 13.8 Å². The fourth-order valence-corrected chi connectivity index (χ4v) is 2.89. The topological polar surface area (TPSA) is 60.6 Å². The molecule has 2 heterocycles. The van der Waals surface area contributed by atoms with Crippen molar-refractivity contribution in [2.45, 2.75) is 51.4 Å². The van der Waals surface area contributed by atoms with Crippen LogP contribution in [0.3, 0.4) is 0 Å². The zero-order valence-corrected chi connectivity index (χ0v) is 14.1. The van der Waals surface area contributed by atoms with E-state index in [2.05, 4.69) is 20.5 Å². The lowest BCUT2D eigenvalue weighted by Crippen LogP contribution is -2.35. The largest absolute Gasteiger partial charge is 0.408 e. The third-order valence-electron chi connectivity index (χ3n) is 4.46. The van der Waals surface area contributed by atoms with Crippen molar-refractivity contribution < 1.29 is 13.2 Å². The Balaban J connectivity index is 1.83. The van der Waals surface area contributed by atoms with Gasteiger partial charge in [0.25, 0.3) is 0 Å². The first-order chi connectivity index (χ1) is 11.2. The number of halogens is 3. The lowest BCUT2D eigenvalue weighted by atomic mass is 10.0. The summed E-state index contributed by atoms with van der Waals surface area (Å²) in [6, 6.07) is -1.78. The van der Waals surface area contributed by atoms with E-state index in [1.165, 1.54) is 4.68 Å². The molecular formula is C15H21F3N6. The van der Waals surface area contributed by atoms with Gasteiger partial charge in [-0.15, -0.1) is 0 Å². The Bertz CT molecular complexity index is 741. The van der Waals surface area contributed by atoms with Crippen LogP contribution >= 0.6 is 0 Å². The molecule has 0 bridgehead atoms. The summed E-state index contributed by atoms with van der Waals surface area (Å²) in [4.78, 5) is 4.37. The molecule has 0 radical (unpaired) electrons. The molecule has 1 saturated carbocycles. The Morgan fingerprint density at radius 2 is 1.83 bits per heavy atom. The number of aryl methyl sites for hydroxylation is 3. The number of hydrogen-bond acceptors (Lipinski definition) is 4. The molecule has 0 saturated heterocycles. The zero-order chi connectivity index (χ0) is 17.6. The van der Waals surface area contributed by atoms with Crippen LogP contribution in [0.15, 0.2) is 0 Å². The Morgan fingerprint density at radius 1 is 1.17 bits per heavy atom. The van der Waals surface area contributed by atoms with Gasteiger partial charge in [0.05, 0.1) is 12.2 Å². The van der Waals surface area contributed by atoms with Crippen molar-refractivity contribution in [1.29, 1.82) is 0 Å². The van der Waals surface area contributed by atoms with Gasteiger partial charge in [-0.25, -0.2) is 4.98 Å². The van der Waals surface area contributed by atoms with Crippen LogP contribution in [0.25, 0.3) is 0 Å². The first-order valence-electron chi connectivity index (χ1n) is 7.88. The highest BCUT2D eigenvalue weighted by atomic mass is 19.4. The van der Waals surface area contributed by atoms with E-state index in [4.69, 9.17) is 0 Å². The van der Waals surface area contributed by atoms with Gasteiger partial charge in [0.2, 0.25) is 0 Å². The van der Waals surface area contributed by atoms with Gasteiger partial charge < -0.3 is 0 Å². The number of hydrogen-bond donors (Lipinski definition) is 1. The molecule has 1 aliphatic rings. The Hall–Kier alpha value is -1.90. The molecule has 1 fully saturated rings. The third-order valence-corrected chi connectivity index (χ3v) is 4.46. The lowest BCUT2D eigenvalue weighted by Gasteiger charge is -2.22. The van der Waals surface area contributed by atoms with E-state index in [-0.39, 0.29) is 12.1 Å². The van der Waals surface area contributed by atoms with Crippen molar-refractivity contribution in [3.63, 3.8) is 0 Å². The molecular weight excluding hydrogens is 321 g/mol. The zero-order valence-electron chi connectivity index (χ0n) is 14.1. The molecule has 24 heavy (non-hydrogen) atoms. The molecule has 1 aliphatic carbocycles. The predicted molar refractivity (Wildman–Crippen MR) is 81.3 cm³/mol. The average Bonchev–Trinajstić information content (AvgIpc) is 3.21. The molecule has 2 aromatic rings. The third kappa shape index (κ3) is 3.17. The van der Waals surface area contributed by atoms with Crippen molar-refractivity contribution in [3.8, 4) is 0 Å². The van der Waals surface area contributed by atoms with E-state index in [0.29, 0.717) is 23.1 Å². The smallest absolute Gasteiger partial charge is 0.295 e. The summed E-state index contributed by atoms with van der Waals surface area (Å²) in [5.41, 5.74) is 1.05. The van der Waals surface area contributed by atoms with Crippen LogP contribution in [0.5, 0.6) is 0 Å². The number of aromatic nitrogens is 5. The second-order valence-electron chi connectivity index (χ2n) is 6.35. The highest BCUT2D eigenvalue weighted by Crippen LogP contribution is 2.38. The lowest BCUT2D eigenvalue weighted by molar-refractivity contribution is -0.158. The maximum atomic E-state index is 13.6. The summed E-state index contributed by atoms with van der Waals surface area (Å²) in [6.07, 6.45) is -2.32. The van der Waals surface area contributed by atoms with E-state index >= 15 is 0 Å². The van der Waals surface area contributed by atoms with E-state index in [1.807, 2.05) is 0 Å². The van der Waals surface area contributed by atoms with Gasteiger partial charge in [0.15, 0.2) is 5.82 Å². The molecule has 1 N–H and O–H groups in total. The molecule has 0 aromatic carbocycles. The predicted octanol–water partition coefficient (Wildman–Crippen LogP) is 2.44. The first-order valence-corrected chi connectivity index (χ1v) is 7.88. The molecule has 9 heteroatoms. The van der Waals surface area contributed by atoms with Gasteiger partial charge in [-0.1, -0.05) is 0 Å². The molecule has 2 aromatic heterocycles. The number of nitrogens with zero attached hydrogens (tertiary/aromatic N) is 5. The number of rotatable bonds is 5. The molecule has 0 aliphatic heterocycles. The number of alkyl halides is 3. The van der Waals surface area contributed by atoms with Gasteiger partial charge >= 0.3 is 6.18 Å². The van der Waals surface area contributed by atoms with E-state index in [1.54, 1.807) is 32.6 Å². The number of nitrogens with one attached hydrogen (secondary N) is 1. The van der Waals surface area contributed by atoms with E-state index in [0.717, 1.165) is 18.7 Å². The second-order valence-corrected chi connectivity index (χ2v) is 6.35. The summed E-state index contributed by atoms with van der Waals surface area (Å²) in [6.45, 7) is 3.23. The Morgan fingerprint density at radius 3 is 2.33 bits per heavy atom. The maximum Gasteiger partial charge on any atom is 0.408 e. The quantitative estimate of drug-likeness (QED) is 0.907. The summed E-state index contributed by atoms with van der Waals surface area (Å²) in [5.74, 6) is 1.60. The summed E-state index contributed by atoms with van der Waals surface area (Å²) in [7, 11) is 3.35. The standard InChI is InChI=1S/C15H21F3N6/c1-8-12(9(2)23(3)21-8)13(15(16,17)18)19-7-11-20-14(10-5-6-10)22-24(11)4/h10,13,19H,5-7H2,1-4H3/t13-/m1/s1. The highest BCUT2D eigenvalue weighted by molar-refractivity contribution is 5.29. The van der Waals surface area contributed by atoms with E-state index < -0.39 is 12.2 Å². The van der Waals surface area contributed by atoms with Crippen LogP contribution in [0.2, 0.25) is 0 Å². The maximum absolute atomic E-state index is 13.6. The first kappa shape index (κ1) is 16.9. The fourth-order valence-electron chi connectivity index (χ4n) is 2.89. The van der Waals surface area contributed by atoms with Gasteiger partial charge in [-0.3, -0.25) is 14.7 Å². The minimum Gasteiger partial charge on any atom is -0.295 e. The molecule has 1 atom stereocenters. The summed E-state index contributed by atoms with van der Waals surface area (Å²) in [5, 5.41) is 11.0.